The number of methoxy groups -OCH3 is 1. The summed E-state index contributed by atoms with van der Waals surface area (Å²) in [7, 11) is 1.63. The topological polar surface area (TPSA) is 38.3 Å². The van der Waals surface area contributed by atoms with E-state index in [-0.39, 0.29) is 11.8 Å². The molecule has 1 unspecified atom stereocenters. The van der Waals surface area contributed by atoms with Crippen LogP contribution in [0.15, 0.2) is 41.8 Å². The van der Waals surface area contributed by atoms with Gasteiger partial charge in [-0.15, -0.1) is 11.3 Å². The van der Waals surface area contributed by atoms with E-state index in [4.69, 9.17) is 4.74 Å². The molecule has 0 fully saturated rings. The molecule has 0 aliphatic rings. The van der Waals surface area contributed by atoms with Gasteiger partial charge >= 0.3 is 0 Å². The van der Waals surface area contributed by atoms with Gasteiger partial charge in [0.1, 0.15) is 0 Å². The van der Waals surface area contributed by atoms with Gasteiger partial charge < -0.3 is 10.1 Å². The number of carbonyl (C=O) groups is 1. The molecule has 2 aromatic rings. The number of amides is 1. The third-order valence-electron chi connectivity index (χ3n) is 3.39. The molecule has 2 rings (SSSR count). The minimum absolute atomic E-state index is 0.0595. The van der Waals surface area contributed by atoms with Crippen molar-refractivity contribution in [1.82, 2.24) is 5.32 Å². The fourth-order valence-corrected chi connectivity index (χ4v) is 2.94. The SMILES string of the molecule is COCCNC(=O)C(Cc1cccs1)c1ccc(C)cc1. The van der Waals surface area contributed by atoms with Crippen molar-refractivity contribution in [1.29, 1.82) is 0 Å². The van der Waals surface area contributed by atoms with Crippen molar-refractivity contribution in [2.75, 3.05) is 20.3 Å². The third-order valence-corrected chi connectivity index (χ3v) is 4.29. The van der Waals surface area contributed by atoms with E-state index in [9.17, 15) is 4.79 Å². The first-order valence-corrected chi connectivity index (χ1v) is 7.94. The van der Waals surface area contributed by atoms with Gasteiger partial charge in [-0.25, -0.2) is 0 Å². The van der Waals surface area contributed by atoms with Gasteiger partial charge in [0.05, 0.1) is 12.5 Å². The summed E-state index contributed by atoms with van der Waals surface area (Å²) in [6.45, 7) is 3.13. The van der Waals surface area contributed by atoms with E-state index < -0.39 is 0 Å². The number of hydrogen-bond donors (Lipinski definition) is 1. The van der Waals surface area contributed by atoms with Crippen molar-refractivity contribution in [2.45, 2.75) is 19.3 Å². The van der Waals surface area contributed by atoms with Gasteiger partial charge in [-0.05, 0) is 30.4 Å². The molecule has 0 radical (unpaired) electrons. The highest BCUT2D eigenvalue weighted by atomic mass is 32.1. The number of ether oxygens (including phenoxy) is 1. The lowest BCUT2D eigenvalue weighted by Gasteiger charge is -2.17. The Labute approximate surface area is 130 Å². The van der Waals surface area contributed by atoms with Crippen LogP contribution in [0, 0.1) is 6.92 Å². The second-order valence-corrected chi connectivity index (χ2v) is 6.06. The lowest BCUT2D eigenvalue weighted by molar-refractivity contribution is -0.122. The Balaban J connectivity index is 2.13. The van der Waals surface area contributed by atoms with Crippen LogP contribution < -0.4 is 5.32 Å². The minimum atomic E-state index is -0.152. The van der Waals surface area contributed by atoms with Crippen LogP contribution in [0.5, 0.6) is 0 Å². The molecule has 1 heterocycles. The number of nitrogens with one attached hydrogen (secondary N) is 1. The highest BCUT2D eigenvalue weighted by Crippen LogP contribution is 2.24. The normalized spacial score (nSPS) is 12.1. The van der Waals surface area contributed by atoms with E-state index in [1.165, 1.54) is 10.4 Å². The molecule has 0 aliphatic heterocycles. The summed E-state index contributed by atoms with van der Waals surface area (Å²) in [5, 5.41) is 5.00. The lowest BCUT2D eigenvalue weighted by atomic mass is 9.93. The fourth-order valence-electron chi connectivity index (χ4n) is 2.19. The largest absolute Gasteiger partial charge is 0.383 e. The van der Waals surface area contributed by atoms with Crippen LogP contribution in [0.1, 0.15) is 21.9 Å². The van der Waals surface area contributed by atoms with Crippen molar-refractivity contribution in [3.05, 3.63) is 57.8 Å². The Morgan fingerprint density at radius 3 is 2.67 bits per heavy atom. The summed E-state index contributed by atoms with van der Waals surface area (Å²) >= 11 is 1.69. The molecule has 0 aliphatic carbocycles. The molecule has 0 saturated heterocycles. The summed E-state index contributed by atoms with van der Waals surface area (Å²) in [6.07, 6.45) is 0.736. The van der Waals surface area contributed by atoms with E-state index >= 15 is 0 Å². The maximum absolute atomic E-state index is 12.5. The summed E-state index contributed by atoms with van der Waals surface area (Å²) in [5.41, 5.74) is 2.26. The maximum atomic E-state index is 12.5. The van der Waals surface area contributed by atoms with Crippen molar-refractivity contribution in [2.24, 2.45) is 0 Å². The Morgan fingerprint density at radius 1 is 1.29 bits per heavy atom. The number of benzene rings is 1. The molecular formula is C17H21NO2S. The average Bonchev–Trinajstić information content (AvgIpc) is 2.99. The van der Waals surface area contributed by atoms with E-state index in [0.717, 1.165) is 12.0 Å². The van der Waals surface area contributed by atoms with Crippen LogP contribution in [-0.2, 0) is 16.0 Å². The molecule has 0 saturated carbocycles. The van der Waals surface area contributed by atoms with Gasteiger partial charge in [-0.1, -0.05) is 35.9 Å². The minimum Gasteiger partial charge on any atom is -0.383 e. The molecule has 1 amide bonds. The lowest BCUT2D eigenvalue weighted by Crippen LogP contribution is -2.32. The van der Waals surface area contributed by atoms with Crippen LogP contribution in [0.25, 0.3) is 0 Å². The highest BCUT2D eigenvalue weighted by Gasteiger charge is 2.21. The molecule has 1 N–H and O–H groups in total. The summed E-state index contributed by atoms with van der Waals surface area (Å²) < 4.78 is 4.99. The van der Waals surface area contributed by atoms with Crippen LogP contribution in [-0.4, -0.2) is 26.2 Å². The zero-order valence-electron chi connectivity index (χ0n) is 12.5. The van der Waals surface area contributed by atoms with Gasteiger partial charge in [-0.3, -0.25) is 4.79 Å². The zero-order valence-corrected chi connectivity index (χ0v) is 13.3. The standard InChI is InChI=1S/C17H21NO2S/c1-13-5-7-14(8-6-13)16(12-15-4-3-11-21-15)17(19)18-9-10-20-2/h3-8,11,16H,9-10,12H2,1-2H3,(H,18,19). The number of hydrogen-bond acceptors (Lipinski definition) is 3. The van der Waals surface area contributed by atoms with Crippen LogP contribution in [0.2, 0.25) is 0 Å². The van der Waals surface area contributed by atoms with Crippen molar-refractivity contribution in [3.63, 3.8) is 0 Å². The van der Waals surface area contributed by atoms with Gasteiger partial charge in [0.2, 0.25) is 5.91 Å². The predicted octanol–water partition coefficient (Wildman–Crippen LogP) is 3.15. The average molecular weight is 303 g/mol. The fraction of sp³-hybridized carbons (Fsp3) is 0.353. The third kappa shape index (κ3) is 4.69. The number of rotatable bonds is 7. The Hall–Kier alpha value is -1.65. The van der Waals surface area contributed by atoms with Crippen molar-refractivity contribution < 1.29 is 9.53 Å². The first-order valence-electron chi connectivity index (χ1n) is 7.06. The second-order valence-electron chi connectivity index (χ2n) is 5.03. The van der Waals surface area contributed by atoms with Gasteiger partial charge in [-0.2, -0.15) is 0 Å². The maximum Gasteiger partial charge on any atom is 0.227 e. The molecule has 21 heavy (non-hydrogen) atoms. The number of thiophene rings is 1. The highest BCUT2D eigenvalue weighted by molar-refractivity contribution is 7.09. The molecule has 0 spiro atoms. The van der Waals surface area contributed by atoms with Crippen molar-refractivity contribution in [3.8, 4) is 0 Å². The number of carbonyl (C=O) groups excluding carboxylic acids is 1. The van der Waals surface area contributed by atoms with Gasteiger partial charge in [0, 0.05) is 18.5 Å². The summed E-state index contributed by atoms with van der Waals surface area (Å²) in [6, 6.07) is 12.3. The van der Waals surface area contributed by atoms with Crippen LogP contribution >= 0.6 is 11.3 Å². The Bertz CT molecular complexity index is 549. The molecule has 1 atom stereocenters. The van der Waals surface area contributed by atoms with Crippen LogP contribution in [0.3, 0.4) is 0 Å². The van der Waals surface area contributed by atoms with Crippen LogP contribution in [0.4, 0.5) is 0 Å². The van der Waals surface area contributed by atoms with E-state index in [2.05, 4.69) is 30.4 Å². The second kappa shape index (κ2) is 7.96. The van der Waals surface area contributed by atoms with E-state index in [1.807, 2.05) is 23.6 Å². The van der Waals surface area contributed by atoms with Gasteiger partial charge in [0.25, 0.3) is 0 Å². The monoisotopic (exact) mass is 303 g/mol. The van der Waals surface area contributed by atoms with E-state index in [1.54, 1.807) is 18.4 Å². The molecule has 4 heteroatoms. The smallest absolute Gasteiger partial charge is 0.227 e. The summed E-state index contributed by atoms with van der Waals surface area (Å²) in [4.78, 5) is 13.7. The molecule has 1 aromatic heterocycles. The molecular weight excluding hydrogens is 282 g/mol. The first kappa shape index (κ1) is 15.7. The first-order chi connectivity index (χ1) is 10.2. The van der Waals surface area contributed by atoms with E-state index in [0.29, 0.717) is 13.2 Å². The summed E-state index contributed by atoms with van der Waals surface area (Å²) in [5.74, 6) is -0.0922. The molecule has 0 bridgehead atoms. The molecule has 3 nitrogen and oxygen atoms in total. The molecule has 112 valence electrons. The zero-order chi connectivity index (χ0) is 15.1. The molecule has 1 aromatic carbocycles. The van der Waals surface area contributed by atoms with Gasteiger partial charge in [0.15, 0.2) is 0 Å². The Kier molecular flexibility index (Phi) is 5.96. The predicted molar refractivity (Wildman–Crippen MR) is 86.8 cm³/mol. The number of aryl methyl sites for hydroxylation is 1. The quantitative estimate of drug-likeness (QED) is 0.798. The Morgan fingerprint density at radius 2 is 2.05 bits per heavy atom. The van der Waals surface area contributed by atoms with Crippen molar-refractivity contribution >= 4 is 17.2 Å².